The summed E-state index contributed by atoms with van der Waals surface area (Å²) in [4.78, 5) is 10.3. The normalized spacial score (nSPS) is 45.4. The summed E-state index contributed by atoms with van der Waals surface area (Å²) in [6.45, 7) is 0.909. The number of hydrogen-bond acceptors (Lipinski definition) is 2. The van der Waals surface area contributed by atoms with E-state index < -0.39 is 0 Å². The highest BCUT2D eigenvalue weighted by Gasteiger charge is 2.44. The van der Waals surface area contributed by atoms with E-state index in [0.717, 1.165) is 19.3 Å². The third-order valence-corrected chi connectivity index (χ3v) is 2.51. The summed E-state index contributed by atoms with van der Waals surface area (Å²) in [7, 11) is 0. The Hall–Kier alpha value is -0.370. The van der Waals surface area contributed by atoms with E-state index in [1.54, 1.807) is 0 Å². The number of hydrogen-bond donors (Lipinski definition) is 0. The number of aldehydes is 1. The van der Waals surface area contributed by atoms with Gasteiger partial charge in [-0.25, -0.2) is 0 Å². The van der Waals surface area contributed by atoms with Gasteiger partial charge in [0.15, 0.2) is 0 Å². The van der Waals surface area contributed by atoms with Crippen LogP contribution in [0, 0.1) is 11.8 Å². The molecule has 2 nitrogen and oxygen atoms in total. The lowest BCUT2D eigenvalue weighted by molar-refractivity contribution is -0.109. The van der Waals surface area contributed by atoms with Gasteiger partial charge in [0.2, 0.25) is 0 Å². The molecular formula is C8H12O2. The van der Waals surface area contributed by atoms with Gasteiger partial charge in [-0.3, -0.25) is 0 Å². The fourth-order valence-electron chi connectivity index (χ4n) is 1.76. The molecule has 2 aliphatic rings. The van der Waals surface area contributed by atoms with E-state index in [-0.39, 0.29) is 0 Å². The molecule has 1 heterocycles. The van der Waals surface area contributed by atoms with Gasteiger partial charge >= 0.3 is 0 Å². The van der Waals surface area contributed by atoms with Crippen LogP contribution in [0.1, 0.15) is 19.3 Å². The van der Waals surface area contributed by atoms with Gasteiger partial charge in [0, 0.05) is 12.5 Å². The van der Waals surface area contributed by atoms with Crippen LogP contribution in [0.4, 0.5) is 0 Å². The van der Waals surface area contributed by atoms with Gasteiger partial charge in [-0.1, -0.05) is 0 Å². The Bertz CT molecular complexity index is 138. The van der Waals surface area contributed by atoms with E-state index in [0.29, 0.717) is 17.9 Å². The smallest absolute Gasteiger partial charge is 0.123 e. The van der Waals surface area contributed by atoms with Crippen LogP contribution < -0.4 is 0 Å². The second-order valence-electron chi connectivity index (χ2n) is 3.25. The minimum absolute atomic E-state index is 0.336. The van der Waals surface area contributed by atoms with E-state index in [1.807, 2.05) is 0 Å². The van der Waals surface area contributed by atoms with Crippen LogP contribution in [0.25, 0.3) is 0 Å². The summed E-state index contributed by atoms with van der Waals surface area (Å²) in [5, 5.41) is 0. The Balaban J connectivity index is 1.84. The Labute approximate surface area is 60.6 Å². The first kappa shape index (κ1) is 6.35. The maximum absolute atomic E-state index is 10.3. The predicted octanol–water partition coefficient (Wildman–Crippen LogP) is 1.00. The zero-order valence-corrected chi connectivity index (χ0v) is 5.95. The largest absolute Gasteiger partial charge is 0.378 e. The highest BCUT2D eigenvalue weighted by atomic mass is 16.5. The molecule has 1 saturated carbocycles. The topological polar surface area (TPSA) is 26.3 Å². The molecule has 0 aromatic heterocycles. The van der Waals surface area contributed by atoms with Crippen molar-refractivity contribution in [1.29, 1.82) is 0 Å². The highest BCUT2D eigenvalue weighted by Crippen LogP contribution is 2.43. The van der Waals surface area contributed by atoms with Crippen molar-refractivity contribution >= 4 is 6.29 Å². The predicted molar refractivity (Wildman–Crippen MR) is 36.6 cm³/mol. The van der Waals surface area contributed by atoms with Crippen LogP contribution in [0.3, 0.4) is 0 Å². The lowest BCUT2D eigenvalue weighted by Crippen LogP contribution is -2.08. The average molecular weight is 140 g/mol. The van der Waals surface area contributed by atoms with Crippen molar-refractivity contribution < 1.29 is 9.53 Å². The summed E-state index contributed by atoms with van der Waals surface area (Å²) in [5.41, 5.74) is 0. The summed E-state index contributed by atoms with van der Waals surface area (Å²) in [5.74, 6) is 0.920. The molecule has 2 heteroatoms. The second-order valence-corrected chi connectivity index (χ2v) is 3.25. The highest BCUT2D eigenvalue weighted by molar-refractivity contribution is 5.58. The van der Waals surface area contributed by atoms with Gasteiger partial charge < -0.3 is 9.53 Å². The zero-order valence-electron chi connectivity index (χ0n) is 5.95. The van der Waals surface area contributed by atoms with Crippen molar-refractivity contribution in [3.05, 3.63) is 0 Å². The average Bonchev–Trinajstić information content (AvgIpc) is 2.56. The van der Waals surface area contributed by atoms with Crippen molar-refractivity contribution in [2.45, 2.75) is 25.4 Å². The van der Waals surface area contributed by atoms with Crippen molar-refractivity contribution in [3.63, 3.8) is 0 Å². The van der Waals surface area contributed by atoms with E-state index in [9.17, 15) is 4.79 Å². The zero-order chi connectivity index (χ0) is 6.97. The molecule has 2 rings (SSSR count). The molecule has 0 N–H and O–H groups in total. The first-order valence-corrected chi connectivity index (χ1v) is 3.98. The molecule has 0 bridgehead atoms. The minimum atomic E-state index is 0.336. The van der Waals surface area contributed by atoms with Crippen LogP contribution in [-0.2, 0) is 9.53 Å². The van der Waals surface area contributed by atoms with Gasteiger partial charge in [-0.2, -0.15) is 0 Å². The molecule has 0 spiro atoms. The molecule has 56 valence electrons. The first-order valence-electron chi connectivity index (χ1n) is 3.98. The lowest BCUT2D eigenvalue weighted by Gasteiger charge is -2.05. The Kier molecular flexibility index (Phi) is 1.49. The molecule has 0 aromatic carbocycles. The summed E-state index contributed by atoms with van der Waals surface area (Å²) < 4.78 is 5.45. The minimum Gasteiger partial charge on any atom is -0.378 e. The fourth-order valence-corrected chi connectivity index (χ4v) is 1.76. The van der Waals surface area contributed by atoms with Crippen molar-refractivity contribution in [2.75, 3.05) is 6.61 Å². The molecule has 10 heavy (non-hydrogen) atoms. The summed E-state index contributed by atoms with van der Waals surface area (Å²) in [6, 6.07) is 0. The third kappa shape index (κ3) is 0.966. The molecule has 1 aliphatic carbocycles. The second kappa shape index (κ2) is 2.35. The van der Waals surface area contributed by atoms with Crippen molar-refractivity contribution in [2.24, 2.45) is 11.8 Å². The van der Waals surface area contributed by atoms with Crippen molar-refractivity contribution in [3.8, 4) is 0 Å². The SMILES string of the molecule is O=C[C@@H]1C[C@@H]1[C@@H]1CCCO1. The van der Waals surface area contributed by atoms with Gasteiger partial charge in [0.25, 0.3) is 0 Å². The quantitative estimate of drug-likeness (QED) is 0.535. The van der Waals surface area contributed by atoms with Gasteiger partial charge in [0.05, 0.1) is 6.10 Å². The Morgan fingerprint density at radius 1 is 1.50 bits per heavy atom. The molecule has 1 saturated heterocycles. The van der Waals surface area contributed by atoms with Gasteiger partial charge in [0.1, 0.15) is 6.29 Å². The van der Waals surface area contributed by atoms with Crippen LogP contribution in [0.15, 0.2) is 0 Å². The molecular weight excluding hydrogens is 128 g/mol. The third-order valence-electron chi connectivity index (χ3n) is 2.51. The first-order chi connectivity index (χ1) is 4.92. The van der Waals surface area contributed by atoms with E-state index in [4.69, 9.17) is 4.74 Å². The number of carbonyl (C=O) groups is 1. The number of carbonyl (C=O) groups excluding carboxylic acids is 1. The van der Waals surface area contributed by atoms with Crippen LogP contribution in [0.2, 0.25) is 0 Å². The molecule has 0 aromatic rings. The van der Waals surface area contributed by atoms with Crippen LogP contribution in [0.5, 0.6) is 0 Å². The number of rotatable bonds is 2. The molecule has 3 atom stereocenters. The summed E-state index contributed by atoms with van der Waals surface area (Å²) >= 11 is 0. The molecule has 0 radical (unpaired) electrons. The molecule has 1 aliphatic heterocycles. The summed E-state index contributed by atoms with van der Waals surface area (Å²) in [6.07, 6.45) is 4.94. The van der Waals surface area contributed by atoms with Crippen molar-refractivity contribution in [1.82, 2.24) is 0 Å². The van der Waals surface area contributed by atoms with Gasteiger partial charge in [-0.15, -0.1) is 0 Å². The van der Waals surface area contributed by atoms with E-state index in [1.165, 1.54) is 12.8 Å². The Morgan fingerprint density at radius 3 is 2.90 bits per heavy atom. The van der Waals surface area contributed by atoms with Crippen LogP contribution >= 0.6 is 0 Å². The lowest BCUT2D eigenvalue weighted by atomic mass is 10.1. The van der Waals surface area contributed by atoms with E-state index >= 15 is 0 Å². The standard InChI is InChI=1S/C8H12O2/c9-5-6-4-7(6)8-2-1-3-10-8/h5-8H,1-4H2/t6-,7-,8-/m0/s1. The fraction of sp³-hybridized carbons (Fsp3) is 0.875. The number of ether oxygens (including phenoxy) is 1. The molecule has 0 unspecified atom stereocenters. The maximum Gasteiger partial charge on any atom is 0.123 e. The van der Waals surface area contributed by atoms with Crippen LogP contribution in [-0.4, -0.2) is 19.0 Å². The van der Waals surface area contributed by atoms with E-state index in [2.05, 4.69) is 0 Å². The van der Waals surface area contributed by atoms with Gasteiger partial charge in [-0.05, 0) is 25.2 Å². The maximum atomic E-state index is 10.3. The Morgan fingerprint density at radius 2 is 2.40 bits per heavy atom. The molecule has 0 amide bonds. The monoisotopic (exact) mass is 140 g/mol. The molecule has 2 fully saturated rings.